The van der Waals surface area contributed by atoms with Gasteiger partial charge in [0.1, 0.15) is 0 Å². The molecular weight excluding hydrogens is 540 g/mol. The zero-order valence-electron chi connectivity index (χ0n) is 25.0. The highest BCUT2D eigenvalue weighted by molar-refractivity contribution is 7.88. The van der Waals surface area contributed by atoms with Crippen LogP contribution >= 0.6 is 0 Å². The van der Waals surface area contributed by atoms with E-state index >= 15 is 0 Å². The van der Waals surface area contributed by atoms with Gasteiger partial charge in [-0.15, -0.1) is 6.58 Å². The molecule has 0 aromatic carbocycles. The van der Waals surface area contributed by atoms with Crippen LogP contribution in [0.1, 0.15) is 129 Å². The van der Waals surface area contributed by atoms with E-state index in [-0.39, 0.29) is 25.3 Å². The molecule has 0 saturated carbocycles. The molecule has 0 heterocycles. The van der Waals surface area contributed by atoms with Crippen molar-refractivity contribution in [3.05, 3.63) is 12.7 Å². The fourth-order valence-electron chi connectivity index (χ4n) is 4.55. The normalized spacial score (nSPS) is 14.2. The summed E-state index contributed by atoms with van der Waals surface area (Å²) in [5.74, 6) is -3.68. The van der Waals surface area contributed by atoms with Gasteiger partial charge in [0.2, 0.25) is 5.60 Å². The van der Waals surface area contributed by atoms with Crippen LogP contribution in [0.4, 0.5) is 0 Å². The number of rotatable bonds is 26. The van der Waals surface area contributed by atoms with Crippen LogP contribution < -0.4 is 12.3 Å². The highest BCUT2D eigenvalue weighted by atomic mass is 32.2. The van der Waals surface area contributed by atoms with Gasteiger partial charge in [0, 0.05) is 0 Å². The SMILES string of the molecule is C=CCOC(CCCCCCCCCCCCCCCCCC)(C(=O)O)C(O)(C(=O)OCCC)S(=O)(=O)O.N.N. The summed E-state index contributed by atoms with van der Waals surface area (Å²) in [6, 6.07) is 0. The zero-order chi connectivity index (χ0) is 28.9. The van der Waals surface area contributed by atoms with E-state index in [0.29, 0.717) is 12.8 Å². The van der Waals surface area contributed by atoms with E-state index in [4.69, 9.17) is 9.47 Å². The van der Waals surface area contributed by atoms with Crippen molar-refractivity contribution in [2.75, 3.05) is 13.2 Å². The quantitative estimate of drug-likeness (QED) is 0.0312. The lowest BCUT2D eigenvalue weighted by Crippen LogP contribution is -2.69. The third-order valence-electron chi connectivity index (χ3n) is 6.81. The Labute approximate surface area is 242 Å². The van der Waals surface area contributed by atoms with E-state index in [1.807, 2.05) is 0 Å². The third kappa shape index (κ3) is 14.4. The molecule has 0 bridgehead atoms. The highest BCUT2D eigenvalue weighted by Gasteiger charge is 2.71. The Bertz CT molecular complexity index is 780. The minimum atomic E-state index is -5.66. The summed E-state index contributed by atoms with van der Waals surface area (Å²) in [6.07, 6.45) is 18.5. The first-order chi connectivity index (χ1) is 18.0. The van der Waals surface area contributed by atoms with Crippen LogP contribution in [0.3, 0.4) is 0 Å². The summed E-state index contributed by atoms with van der Waals surface area (Å²) in [5.41, 5.74) is -2.96. The number of ether oxygens (including phenoxy) is 2. The van der Waals surface area contributed by atoms with Crippen LogP contribution in [0, 0.1) is 0 Å². The number of unbranched alkanes of at least 4 members (excludes halogenated alkanes) is 15. The average molecular weight is 599 g/mol. The van der Waals surface area contributed by atoms with Crippen LogP contribution in [-0.4, -0.2) is 58.9 Å². The second-order valence-electron chi connectivity index (χ2n) is 10.0. The van der Waals surface area contributed by atoms with Crippen molar-refractivity contribution in [2.45, 2.75) is 140 Å². The van der Waals surface area contributed by atoms with Gasteiger partial charge in [0.15, 0.2) is 0 Å². The lowest BCUT2D eigenvalue weighted by Gasteiger charge is -2.39. The predicted octanol–water partition coefficient (Wildman–Crippen LogP) is 6.52. The van der Waals surface area contributed by atoms with E-state index in [1.54, 1.807) is 6.92 Å². The predicted molar refractivity (Wildman–Crippen MR) is 158 cm³/mol. The van der Waals surface area contributed by atoms with E-state index < -0.39 is 45.6 Å². The number of carbonyl (C=O) groups is 2. The molecule has 2 atom stereocenters. The summed E-state index contributed by atoms with van der Waals surface area (Å²) in [4.78, 5) is 21.0. The topological polar surface area (TPSA) is 217 Å². The smallest absolute Gasteiger partial charge is 0.360 e. The number of esters is 1. The summed E-state index contributed by atoms with van der Waals surface area (Å²) < 4.78 is 44.1. The minimum absolute atomic E-state index is 0. The number of carboxylic acid groups (broad SMARTS) is 1. The fourth-order valence-corrected chi connectivity index (χ4v) is 5.48. The number of hydrogen-bond donors (Lipinski definition) is 5. The van der Waals surface area contributed by atoms with Crippen molar-refractivity contribution < 1.29 is 42.2 Å². The summed E-state index contributed by atoms with van der Waals surface area (Å²) in [5, 5.41) is 20.9. The Morgan fingerprint density at radius 1 is 0.775 bits per heavy atom. The largest absolute Gasteiger partial charge is 0.479 e. The molecule has 0 radical (unpaired) electrons. The molecule has 40 heavy (non-hydrogen) atoms. The lowest BCUT2D eigenvalue weighted by molar-refractivity contribution is -0.205. The molecule has 0 aliphatic heterocycles. The second-order valence-corrected chi connectivity index (χ2v) is 11.6. The molecule has 240 valence electrons. The number of carboxylic acids is 1. The molecule has 0 aromatic rings. The number of hydrogen-bond acceptors (Lipinski definition) is 9. The summed E-state index contributed by atoms with van der Waals surface area (Å²) in [6.45, 7) is 6.54. The van der Waals surface area contributed by atoms with Crippen LogP contribution in [0.2, 0.25) is 0 Å². The fraction of sp³-hybridized carbons (Fsp3) is 0.857. The van der Waals surface area contributed by atoms with E-state index in [1.165, 1.54) is 64.2 Å². The molecule has 11 nitrogen and oxygen atoms in total. The Morgan fingerprint density at radius 3 is 1.50 bits per heavy atom. The Kier molecular flexibility index (Phi) is 25.8. The molecule has 0 fully saturated rings. The molecule has 12 heteroatoms. The summed E-state index contributed by atoms with van der Waals surface area (Å²) >= 11 is 0. The first-order valence-electron chi connectivity index (χ1n) is 14.4. The molecule has 2 unspecified atom stereocenters. The molecule has 0 aliphatic carbocycles. The molecule has 0 saturated heterocycles. The third-order valence-corrected chi connectivity index (χ3v) is 8.05. The first kappa shape index (κ1) is 42.9. The van der Waals surface area contributed by atoms with Crippen molar-refractivity contribution in [2.24, 2.45) is 0 Å². The molecule has 0 aromatic heterocycles. The zero-order valence-corrected chi connectivity index (χ0v) is 25.9. The average Bonchev–Trinajstić information content (AvgIpc) is 2.87. The standard InChI is InChI=1S/C28H52O9S.2H3N/c1-4-7-8-9-10-11-12-13-14-15-16-17-18-19-20-21-22-27(25(29)30,37-24-6-3)28(32,38(33,34)35)26(31)36-23-5-2;;/h6,32H,3-5,7-24H2,1-2H3,(H,29,30)(H,33,34,35);2*1H3. The van der Waals surface area contributed by atoms with E-state index in [2.05, 4.69) is 13.5 Å². The van der Waals surface area contributed by atoms with Gasteiger partial charge in [-0.3, -0.25) is 4.55 Å². The maximum Gasteiger partial charge on any atom is 0.360 e. The van der Waals surface area contributed by atoms with E-state index in [0.717, 1.165) is 31.8 Å². The molecular formula is C28H58N2O9S. The van der Waals surface area contributed by atoms with Crippen molar-refractivity contribution in [3.8, 4) is 0 Å². The first-order valence-corrected chi connectivity index (χ1v) is 15.8. The molecule has 0 rings (SSSR count). The Morgan fingerprint density at radius 2 is 1.18 bits per heavy atom. The number of carbonyl (C=O) groups excluding carboxylic acids is 1. The number of aliphatic carboxylic acids is 1. The van der Waals surface area contributed by atoms with Crippen molar-refractivity contribution in [3.63, 3.8) is 0 Å². The molecule has 0 aliphatic rings. The molecule has 9 N–H and O–H groups in total. The Balaban J connectivity index is -0.00000684. The highest BCUT2D eigenvalue weighted by Crippen LogP contribution is 2.38. The van der Waals surface area contributed by atoms with Gasteiger partial charge < -0.3 is 32.0 Å². The van der Waals surface area contributed by atoms with Crippen LogP contribution in [0.15, 0.2) is 12.7 Å². The van der Waals surface area contributed by atoms with Gasteiger partial charge in [-0.05, 0) is 19.3 Å². The minimum Gasteiger partial charge on any atom is -0.479 e. The van der Waals surface area contributed by atoms with Gasteiger partial charge in [0.25, 0.3) is 0 Å². The Hall–Kier alpha value is -1.57. The summed E-state index contributed by atoms with van der Waals surface area (Å²) in [7, 11) is -5.66. The second kappa shape index (κ2) is 24.1. The van der Waals surface area contributed by atoms with Gasteiger partial charge in [-0.1, -0.05) is 116 Å². The molecule has 0 amide bonds. The van der Waals surface area contributed by atoms with Crippen LogP contribution in [0.25, 0.3) is 0 Å². The van der Waals surface area contributed by atoms with Crippen molar-refractivity contribution in [1.82, 2.24) is 12.3 Å². The van der Waals surface area contributed by atoms with Gasteiger partial charge in [-0.25, -0.2) is 9.59 Å². The lowest BCUT2D eigenvalue weighted by atomic mass is 9.88. The van der Waals surface area contributed by atoms with Gasteiger partial charge in [0.05, 0.1) is 13.2 Å². The van der Waals surface area contributed by atoms with Gasteiger partial charge >= 0.3 is 27.0 Å². The van der Waals surface area contributed by atoms with Crippen molar-refractivity contribution >= 4 is 22.1 Å². The molecule has 0 spiro atoms. The van der Waals surface area contributed by atoms with Crippen LogP contribution in [0.5, 0.6) is 0 Å². The number of aliphatic hydroxyl groups is 1. The van der Waals surface area contributed by atoms with Crippen molar-refractivity contribution in [1.29, 1.82) is 0 Å². The maximum atomic E-state index is 12.6. The van der Waals surface area contributed by atoms with Crippen LogP contribution in [-0.2, 0) is 29.2 Å². The monoisotopic (exact) mass is 598 g/mol. The maximum absolute atomic E-state index is 12.6. The van der Waals surface area contributed by atoms with E-state index in [9.17, 15) is 32.8 Å². The van der Waals surface area contributed by atoms with Gasteiger partial charge in [-0.2, -0.15) is 8.42 Å².